The zero-order chi connectivity index (χ0) is 14.8. The van der Waals surface area contributed by atoms with Crippen LogP contribution in [0, 0.1) is 18.3 Å². The van der Waals surface area contributed by atoms with Gasteiger partial charge >= 0.3 is 0 Å². The summed E-state index contributed by atoms with van der Waals surface area (Å²) in [5, 5.41) is 3.62. The largest absolute Gasteiger partial charge is 0.351 e. The third-order valence-electron chi connectivity index (χ3n) is 2.88. The van der Waals surface area contributed by atoms with Gasteiger partial charge in [-0.25, -0.2) is 4.98 Å². The SMILES string of the molecule is Cc1cn(CC(C)C)c(NC(C)(C)CC(C)(C)C)n1. The monoisotopic (exact) mass is 265 g/mol. The summed E-state index contributed by atoms with van der Waals surface area (Å²) >= 11 is 0. The predicted octanol–water partition coefficient (Wildman–Crippen LogP) is 4.47. The summed E-state index contributed by atoms with van der Waals surface area (Å²) in [6.07, 6.45) is 3.24. The lowest BCUT2D eigenvalue weighted by Crippen LogP contribution is -2.36. The number of hydrogen-bond donors (Lipinski definition) is 1. The molecule has 1 rings (SSSR count). The summed E-state index contributed by atoms with van der Waals surface area (Å²) in [6.45, 7) is 18.9. The third-order valence-corrected chi connectivity index (χ3v) is 2.88. The lowest BCUT2D eigenvalue weighted by molar-refractivity contribution is 0.300. The van der Waals surface area contributed by atoms with E-state index in [1.807, 2.05) is 0 Å². The molecule has 3 nitrogen and oxygen atoms in total. The lowest BCUT2D eigenvalue weighted by atomic mass is 9.82. The van der Waals surface area contributed by atoms with Crippen LogP contribution in [0.5, 0.6) is 0 Å². The van der Waals surface area contributed by atoms with Gasteiger partial charge in [-0.2, -0.15) is 0 Å². The molecule has 0 aliphatic carbocycles. The number of aryl methyl sites for hydroxylation is 1. The molecule has 0 saturated heterocycles. The molecule has 1 heterocycles. The van der Waals surface area contributed by atoms with E-state index in [1.54, 1.807) is 0 Å². The van der Waals surface area contributed by atoms with Crippen LogP contribution in [0.1, 0.15) is 60.6 Å². The van der Waals surface area contributed by atoms with E-state index < -0.39 is 0 Å². The Balaban J connectivity index is 2.86. The highest BCUT2D eigenvalue weighted by Crippen LogP contribution is 2.29. The highest BCUT2D eigenvalue weighted by Gasteiger charge is 2.26. The van der Waals surface area contributed by atoms with Crippen LogP contribution in [0.3, 0.4) is 0 Å². The minimum absolute atomic E-state index is 0.0464. The van der Waals surface area contributed by atoms with E-state index in [0.717, 1.165) is 24.6 Å². The standard InChI is InChI=1S/C16H31N3/c1-12(2)9-19-10-13(3)17-14(19)18-16(7,8)11-15(4,5)6/h10,12H,9,11H2,1-8H3,(H,17,18). The van der Waals surface area contributed by atoms with Gasteiger partial charge in [-0.1, -0.05) is 34.6 Å². The van der Waals surface area contributed by atoms with Crippen molar-refractivity contribution in [1.82, 2.24) is 9.55 Å². The van der Waals surface area contributed by atoms with Crippen LogP contribution in [0.4, 0.5) is 5.95 Å². The molecule has 0 atom stereocenters. The van der Waals surface area contributed by atoms with Crippen LogP contribution in [0.25, 0.3) is 0 Å². The van der Waals surface area contributed by atoms with Gasteiger partial charge in [-0.05, 0) is 38.5 Å². The maximum Gasteiger partial charge on any atom is 0.203 e. The highest BCUT2D eigenvalue weighted by atomic mass is 15.2. The van der Waals surface area contributed by atoms with E-state index in [4.69, 9.17) is 0 Å². The van der Waals surface area contributed by atoms with Crippen LogP contribution in [-0.4, -0.2) is 15.1 Å². The molecular weight excluding hydrogens is 234 g/mol. The summed E-state index contributed by atoms with van der Waals surface area (Å²) in [5.41, 5.74) is 1.43. The molecule has 3 heteroatoms. The number of aromatic nitrogens is 2. The van der Waals surface area contributed by atoms with Crippen LogP contribution in [0.15, 0.2) is 6.20 Å². The number of imidazole rings is 1. The van der Waals surface area contributed by atoms with Crippen molar-refractivity contribution in [3.63, 3.8) is 0 Å². The van der Waals surface area contributed by atoms with E-state index in [1.165, 1.54) is 0 Å². The number of rotatable bonds is 5. The van der Waals surface area contributed by atoms with Crippen molar-refractivity contribution in [1.29, 1.82) is 0 Å². The fourth-order valence-electron chi connectivity index (χ4n) is 2.85. The Labute approximate surface area is 118 Å². The van der Waals surface area contributed by atoms with Crippen LogP contribution in [-0.2, 0) is 6.54 Å². The normalized spacial score (nSPS) is 13.1. The molecule has 0 unspecified atom stereocenters. The molecule has 1 aromatic rings. The lowest BCUT2D eigenvalue weighted by Gasteiger charge is -2.34. The van der Waals surface area contributed by atoms with Crippen LogP contribution < -0.4 is 5.32 Å². The molecule has 0 amide bonds. The van der Waals surface area contributed by atoms with E-state index in [0.29, 0.717) is 11.3 Å². The quantitative estimate of drug-likeness (QED) is 0.851. The smallest absolute Gasteiger partial charge is 0.203 e. The average Bonchev–Trinajstić information content (AvgIpc) is 2.39. The molecule has 0 radical (unpaired) electrons. The number of anilines is 1. The summed E-state index contributed by atoms with van der Waals surface area (Å²) in [7, 11) is 0. The summed E-state index contributed by atoms with van der Waals surface area (Å²) < 4.78 is 2.24. The highest BCUT2D eigenvalue weighted by molar-refractivity contribution is 5.32. The third kappa shape index (κ3) is 5.66. The average molecular weight is 265 g/mol. The molecule has 0 saturated carbocycles. The van der Waals surface area contributed by atoms with Gasteiger partial charge in [0.1, 0.15) is 0 Å². The second-order valence-corrected chi connectivity index (χ2v) is 8.00. The molecule has 0 spiro atoms. The Morgan fingerprint density at radius 1 is 1.21 bits per heavy atom. The maximum absolute atomic E-state index is 4.63. The first-order chi connectivity index (χ1) is 8.48. The fourth-order valence-corrected chi connectivity index (χ4v) is 2.85. The first-order valence-corrected chi connectivity index (χ1v) is 7.30. The van der Waals surface area contributed by atoms with Gasteiger partial charge in [0.25, 0.3) is 0 Å². The van der Waals surface area contributed by atoms with Crippen LogP contribution in [0.2, 0.25) is 0 Å². The van der Waals surface area contributed by atoms with Gasteiger partial charge < -0.3 is 9.88 Å². The predicted molar refractivity (Wildman–Crippen MR) is 83.6 cm³/mol. The Morgan fingerprint density at radius 3 is 2.26 bits per heavy atom. The minimum Gasteiger partial charge on any atom is -0.351 e. The Hall–Kier alpha value is -0.990. The van der Waals surface area contributed by atoms with Crippen molar-refractivity contribution in [2.24, 2.45) is 11.3 Å². The van der Waals surface area contributed by atoms with Crippen molar-refractivity contribution in [2.45, 2.75) is 73.9 Å². The molecular formula is C16H31N3. The van der Waals surface area contributed by atoms with Crippen molar-refractivity contribution in [3.05, 3.63) is 11.9 Å². The summed E-state index contributed by atoms with van der Waals surface area (Å²) in [5.74, 6) is 1.63. The van der Waals surface area contributed by atoms with Gasteiger partial charge in [0, 0.05) is 18.3 Å². The molecule has 0 bridgehead atoms. The zero-order valence-electron chi connectivity index (χ0n) is 14.0. The fraction of sp³-hybridized carbons (Fsp3) is 0.812. The molecule has 1 N–H and O–H groups in total. The molecule has 1 aromatic heterocycles. The van der Waals surface area contributed by atoms with Gasteiger partial charge in [-0.15, -0.1) is 0 Å². The maximum atomic E-state index is 4.63. The molecule has 0 fully saturated rings. The molecule has 19 heavy (non-hydrogen) atoms. The number of hydrogen-bond acceptors (Lipinski definition) is 2. The zero-order valence-corrected chi connectivity index (χ0v) is 14.0. The first-order valence-electron chi connectivity index (χ1n) is 7.30. The molecule has 0 aliphatic rings. The topological polar surface area (TPSA) is 29.9 Å². The van der Waals surface area contributed by atoms with E-state index >= 15 is 0 Å². The molecule has 110 valence electrons. The van der Waals surface area contributed by atoms with Crippen molar-refractivity contribution in [3.8, 4) is 0 Å². The first kappa shape index (κ1) is 16.1. The van der Waals surface area contributed by atoms with Crippen molar-refractivity contribution < 1.29 is 0 Å². The molecule has 0 aromatic carbocycles. The number of nitrogens with one attached hydrogen (secondary N) is 1. The second-order valence-electron chi connectivity index (χ2n) is 8.00. The summed E-state index contributed by atoms with van der Waals surface area (Å²) in [6, 6.07) is 0. The van der Waals surface area contributed by atoms with Crippen molar-refractivity contribution >= 4 is 5.95 Å². The van der Waals surface area contributed by atoms with E-state index in [9.17, 15) is 0 Å². The molecule has 0 aliphatic heterocycles. The Morgan fingerprint density at radius 2 is 1.79 bits per heavy atom. The van der Waals surface area contributed by atoms with E-state index in [-0.39, 0.29) is 5.54 Å². The van der Waals surface area contributed by atoms with E-state index in [2.05, 4.69) is 76.5 Å². The Bertz CT molecular complexity index is 408. The van der Waals surface area contributed by atoms with Gasteiger partial charge in [0.2, 0.25) is 5.95 Å². The van der Waals surface area contributed by atoms with Gasteiger partial charge in [0.05, 0.1) is 5.69 Å². The van der Waals surface area contributed by atoms with Gasteiger partial charge in [0.15, 0.2) is 0 Å². The summed E-state index contributed by atoms with van der Waals surface area (Å²) in [4.78, 5) is 4.63. The Kier molecular flexibility index (Phi) is 4.70. The van der Waals surface area contributed by atoms with Crippen LogP contribution >= 0.6 is 0 Å². The van der Waals surface area contributed by atoms with Gasteiger partial charge in [-0.3, -0.25) is 0 Å². The second kappa shape index (κ2) is 5.56. The minimum atomic E-state index is 0.0464. The number of nitrogens with zero attached hydrogens (tertiary/aromatic N) is 2. The van der Waals surface area contributed by atoms with Crippen molar-refractivity contribution in [2.75, 3.05) is 5.32 Å².